The predicted octanol–water partition coefficient (Wildman–Crippen LogP) is 4.06. The molecule has 0 amide bonds. The molecule has 5 heteroatoms. The normalized spacial score (nSPS) is 12.7. The first kappa shape index (κ1) is 15.7. The van der Waals surface area contributed by atoms with Crippen LogP contribution in [0.4, 0.5) is 0 Å². The minimum Gasteiger partial charge on any atom is -0.324 e. The van der Waals surface area contributed by atoms with Gasteiger partial charge in [-0.1, -0.05) is 28.9 Å². The van der Waals surface area contributed by atoms with Gasteiger partial charge in [-0.15, -0.1) is 0 Å². The maximum atomic E-state index is 6.39. The highest BCUT2D eigenvalue weighted by Crippen LogP contribution is 2.27. The molecule has 108 valence electrons. The number of nitrogens with two attached hydrogens (primary N) is 1. The average molecular weight is 401 g/mol. The second kappa shape index (κ2) is 6.41. The maximum absolute atomic E-state index is 6.39. The van der Waals surface area contributed by atoms with Crippen LogP contribution < -0.4 is 5.73 Å². The summed E-state index contributed by atoms with van der Waals surface area (Å²) in [5.74, 6) is 0. The van der Waals surface area contributed by atoms with E-state index in [9.17, 15) is 0 Å². The Morgan fingerprint density at radius 2 is 2.05 bits per heavy atom. The second-order valence-corrected chi connectivity index (χ2v) is 6.70. The number of benzene rings is 1. The number of aromatic nitrogens is 2. The van der Waals surface area contributed by atoms with Gasteiger partial charge in [-0.25, -0.2) is 0 Å². The lowest BCUT2D eigenvalue weighted by Gasteiger charge is -2.15. The molecule has 0 aliphatic rings. The average Bonchev–Trinajstić information content (AvgIpc) is 2.66. The van der Waals surface area contributed by atoms with E-state index < -0.39 is 0 Å². The number of hydrogen-bond acceptors (Lipinski definition) is 2. The van der Waals surface area contributed by atoms with E-state index in [0.29, 0.717) is 0 Å². The first-order valence-corrected chi connectivity index (χ1v) is 8.24. The summed E-state index contributed by atoms with van der Waals surface area (Å²) in [6.45, 7) is 4.20. The summed E-state index contributed by atoms with van der Waals surface area (Å²) in [4.78, 5) is 0. The van der Waals surface area contributed by atoms with Crippen molar-refractivity contribution in [2.45, 2.75) is 32.7 Å². The van der Waals surface area contributed by atoms with Gasteiger partial charge in [0.05, 0.1) is 15.9 Å². The third kappa shape index (κ3) is 3.15. The Bertz CT molecular complexity index is 620. The summed E-state index contributed by atoms with van der Waals surface area (Å²) in [7, 11) is 1.97. The molecule has 0 bridgehead atoms. The zero-order valence-corrected chi connectivity index (χ0v) is 15.1. The van der Waals surface area contributed by atoms with Crippen molar-refractivity contribution in [1.29, 1.82) is 0 Å². The fourth-order valence-electron chi connectivity index (χ4n) is 2.41. The molecule has 0 aliphatic carbocycles. The third-order valence-corrected chi connectivity index (χ3v) is 4.96. The van der Waals surface area contributed by atoms with Gasteiger partial charge < -0.3 is 5.73 Å². The molecule has 1 aromatic heterocycles. The smallest absolute Gasteiger partial charge is 0.0766 e. The van der Waals surface area contributed by atoms with Crippen molar-refractivity contribution >= 4 is 31.9 Å². The molecule has 0 saturated carbocycles. The fraction of sp³-hybridized carbons (Fsp3) is 0.400. The maximum Gasteiger partial charge on any atom is 0.0766 e. The zero-order valence-electron chi connectivity index (χ0n) is 12.0. The lowest BCUT2D eigenvalue weighted by molar-refractivity contribution is 0.635. The van der Waals surface area contributed by atoms with Crippen molar-refractivity contribution in [3.8, 4) is 0 Å². The van der Waals surface area contributed by atoms with Gasteiger partial charge in [0.15, 0.2) is 0 Å². The Kier molecular flexibility index (Phi) is 5.04. The molecule has 2 N–H and O–H groups in total. The molecule has 1 heterocycles. The van der Waals surface area contributed by atoms with E-state index in [4.69, 9.17) is 5.73 Å². The minimum absolute atomic E-state index is 0.0282. The zero-order chi connectivity index (χ0) is 14.9. The fourth-order valence-corrected chi connectivity index (χ4v) is 3.67. The molecule has 1 atom stereocenters. The van der Waals surface area contributed by atoms with Crippen molar-refractivity contribution < 1.29 is 0 Å². The van der Waals surface area contributed by atoms with E-state index in [0.717, 1.165) is 33.2 Å². The third-order valence-electron chi connectivity index (χ3n) is 3.55. The molecule has 2 aromatic rings. The van der Waals surface area contributed by atoms with Crippen molar-refractivity contribution in [2.75, 3.05) is 0 Å². The number of nitrogens with zero attached hydrogens (tertiary/aromatic N) is 2. The first-order valence-electron chi connectivity index (χ1n) is 6.65. The van der Waals surface area contributed by atoms with Crippen molar-refractivity contribution in [3.05, 3.63) is 49.7 Å². The number of rotatable bonds is 4. The lowest BCUT2D eigenvalue weighted by Crippen LogP contribution is -2.16. The van der Waals surface area contributed by atoms with Crippen LogP contribution in [0, 0.1) is 6.92 Å². The monoisotopic (exact) mass is 399 g/mol. The van der Waals surface area contributed by atoms with E-state index in [2.05, 4.69) is 62.9 Å². The van der Waals surface area contributed by atoms with Gasteiger partial charge in [0.1, 0.15) is 0 Å². The summed E-state index contributed by atoms with van der Waals surface area (Å²) in [6, 6.07) is 6.21. The Balaban J connectivity index is 2.27. The molecule has 0 spiro atoms. The van der Waals surface area contributed by atoms with E-state index in [1.807, 2.05) is 17.8 Å². The Morgan fingerprint density at radius 1 is 1.35 bits per heavy atom. The van der Waals surface area contributed by atoms with Crippen LogP contribution in [0.1, 0.15) is 35.5 Å². The van der Waals surface area contributed by atoms with Crippen LogP contribution in [-0.4, -0.2) is 9.78 Å². The van der Waals surface area contributed by atoms with Gasteiger partial charge in [-0.2, -0.15) is 5.10 Å². The van der Waals surface area contributed by atoms with E-state index in [1.54, 1.807) is 0 Å². The van der Waals surface area contributed by atoms with Crippen LogP contribution in [0.5, 0.6) is 0 Å². The largest absolute Gasteiger partial charge is 0.324 e. The second-order valence-electron chi connectivity index (χ2n) is 5.00. The molecule has 1 aromatic carbocycles. The molecule has 0 aliphatic heterocycles. The predicted molar refractivity (Wildman–Crippen MR) is 89.8 cm³/mol. The van der Waals surface area contributed by atoms with Crippen LogP contribution >= 0.6 is 31.9 Å². The number of aryl methyl sites for hydroxylation is 3. The Morgan fingerprint density at radius 3 is 2.60 bits per heavy atom. The minimum atomic E-state index is -0.0282. The highest BCUT2D eigenvalue weighted by atomic mass is 79.9. The van der Waals surface area contributed by atoms with Gasteiger partial charge in [0.25, 0.3) is 0 Å². The van der Waals surface area contributed by atoms with Gasteiger partial charge in [0.2, 0.25) is 0 Å². The lowest BCUT2D eigenvalue weighted by atomic mass is 9.98. The van der Waals surface area contributed by atoms with E-state index in [1.165, 1.54) is 11.1 Å². The molecule has 2 rings (SSSR count). The van der Waals surface area contributed by atoms with Crippen LogP contribution in [-0.2, 0) is 19.9 Å². The van der Waals surface area contributed by atoms with Gasteiger partial charge in [-0.3, -0.25) is 4.68 Å². The van der Waals surface area contributed by atoms with Crippen molar-refractivity contribution in [3.63, 3.8) is 0 Å². The molecule has 1 unspecified atom stereocenters. The summed E-state index contributed by atoms with van der Waals surface area (Å²) in [5, 5.41) is 4.52. The number of halogens is 2. The molecule has 0 radical (unpaired) electrons. The van der Waals surface area contributed by atoms with Gasteiger partial charge >= 0.3 is 0 Å². The summed E-state index contributed by atoms with van der Waals surface area (Å²) < 4.78 is 4.10. The quantitative estimate of drug-likeness (QED) is 0.840. The van der Waals surface area contributed by atoms with Gasteiger partial charge in [-0.05, 0) is 52.5 Å². The van der Waals surface area contributed by atoms with Crippen LogP contribution in [0.3, 0.4) is 0 Å². The van der Waals surface area contributed by atoms with E-state index >= 15 is 0 Å². The van der Waals surface area contributed by atoms with E-state index in [-0.39, 0.29) is 6.04 Å². The van der Waals surface area contributed by atoms with Crippen molar-refractivity contribution in [1.82, 2.24) is 9.78 Å². The van der Waals surface area contributed by atoms with Gasteiger partial charge in [0, 0.05) is 24.0 Å². The van der Waals surface area contributed by atoms with Crippen LogP contribution in [0.2, 0.25) is 0 Å². The highest BCUT2D eigenvalue weighted by Gasteiger charge is 2.17. The highest BCUT2D eigenvalue weighted by molar-refractivity contribution is 9.10. The van der Waals surface area contributed by atoms with Crippen molar-refractivity contribution in [2.24, 2.45) is 12.8 Å². The molecule has 20 heavy (non-hydrogen) atoms. The van der Waals surface area contributed by atoms with Crippen LogP contribution in [0.15, 0.2) is 27.1 Å². The Labute approximate surface area is 136 Å². The number of hydrogen-bond donors (Lipinski definition) is 1. The van der Waals surface area contributed by atoms with Crippen LogP contribution in [0.25, 0.3) is 0 Å². The molecule has 0 saturated heterocycles. The summed E-state index contributed by atoms with van der Waals surface area (Å²) in [6.07, 6.45) is 1.69. The topological polar surface area (TPSA) is 43.8 Å². The summed E-state index contributed by atoms with van der Waals surface area (Å²) in [5.41, 5.74) is 11.0. The molecule has 3 nitrogen and oxygen atoms in total. The standard InChI is InChI=1S/C15H19Br2N3/c1-4-13-15(17)14(20(3)19-13)8-12(18)11-6-5-10(16)7-9(11)2/h5-7,12H,4,8,18H2,1-3H3. The first-order chi connectivity index (χ1) is 9.43. The molecule has 0 fully saturated rings. The summed E-state index contributed by atoms with van der Waals surface area (Å²) >= 11 is 7.13. The Hall–Kier alpha value is -0.650. The molecular weight excluding hydrogens is 382 g/mol. The SMILES string of the molecule is CCc1nn(C)c(CC(N)c2ccc(Br)cc2C)c1Br. The molecular formula is C15H19Br2N3.